The predicted molar refractivity (Wildman–Crippen MR) is 85.8 cm³/mol. The van der Waals surface area contributed by atoms with E-state index in [2.05, 4.69) is 5.10 Å². The van der Waals surface area contributed by atoms with Gasteiger partial charge in [-0.3, -0.25) is 4.79 Å². The van der Waals surface area contributed by atoms with E-state index in [1.165, 1.54) is 0 Å². The lowest BCUT2D eigenvalue weighted by Crippen LogP contribution is -2.37. The van der Waals surface area contributed by atoms with Gasteiger partial charge in [0.05, 0.1) is 12.6 Å². The van der Waals surface area contributed by atoms with Crippen molar-refractivity contribution in [3.05, 3.63) is 34.1 Å². The maximum Gasteiger partial charge on any atom is 0.218 e. The molecule has 23 heavy (non-hydrogen) atoms. The van der Waals surface area contributed by atoms with Gasteiger partial charge in [-0.15, -0.1) is 0 Å². The maximum atomic E-state index is 12.0. The van der Waals surface area contributed by atoms with Crippen LogP contribution in [0.1, 0.15) is 12.5 Å². The van der Waals surface area contributed by atoms with Crippen LogP contribution in [-0.4, -0.2) is 39.1 Å². The zero-order valence-corrected chi connectivity index (χ0v) is 13.9. The summed E-state index contributed by atoms with van der Waals surface area (Å²) in [6.45, 7) is 0.385. The number of nitrogens with zero attached hydrogens (tertiary/aromatic N) is 3. The summed E-state index contributed by atoms with van der Waals surface area (Å²) in [6.07, 6.45) is -0.594. The van der Waals surface area contributed by atoms with E-state index in [4.69, 9.17) is 33.3 Å². The molecule has 0 saturated carbocycles. The Hall–Kier alpha value is -1.54. The van der Waals surface area contributed by atoms with Crippen molar-refractivity contribution < 1.29 is 14.3 Å². The van der Waals surface area contributed by atoms with Crippen LogP contribution in [0.4, 0.5) is 0 Å². The second kappa shape index (κ2) is 5.52. The van der Waals surface area contributed by atoms with Crippen LogP contribution in [-0.2, 0) is 21.3 Å². The molecule has 0 unspecified atom stereocenters. The molecule has 2 aliphatic heterocycles. The first-order valence-electron chi connectivity index (χ1n) is 7.26. The minimum Gasteiger partial charge on any atom is -0.343 e. The molecule has 2 fully saturated rings. The van der Waals surface area contributed by atoms with Gasteiger partial charge in [-0.1, -0.05) is 11.6 Å². The Balaban J connectivity index is 1.76. The Morgan fingerprint density at radius 3 is 2.83 bits per heavy atom. The third kappa shape index (κ3) is 2.44. The highest BCUT2D eigenvalue weighted by Crippen LogP contribution is 2.33. The number of fused-ring (bicyclic) bond motifs is 2. The summed E-state index contributed by atoms with van der Waals surface area (Å²) < 4.78 is 15.0. The van der Waals surface area contributed by atoms with Crippen molar-refractivity contribution in [1.82, 2.24) is 14.3 Å². The van der Waals surface area contributed by atoms with E-state index >= 15 is 0 Å². The smallest absolute Gasteiger partial charge is 0.218 e. The molecule has 2 saturated heterocycles. The molecule has 8 heteroatoms. The predicted octanol–water partition coefficient (Wildman–Crippen LogP) is 2.53. The maximum absolute atomic E-state index is 12.0. The Morgan fingerprint density at radius 1 is 1.35 bits per heavy atom. The first-order chi connectivity index (χ1) is 11.0. The summed E-state index contributed by atoms with van der Waals surface area (Å²) in [5.41, 5.74) is 0.908. The normalized spacial score (nSPS) is 26.7. The second-order valence-electron chi connectivity index (χ2n) is 5.69. The van der Waals surface area contributed by atoms with E-state index < -0.39 is 6.29 Å². The van der Waals surface area contributed by atoms with Crippen LogP contribution < -0.4 is 0 Å². The highest BCUT2D eigenvalue weighted by atomic mass is 35.5. The number of hydrogen-bond acceptors (Lipinski definition) is 5. The van der Waals surface area contributed by atoms with Crippen molar-refractivity contribution in [3.63, 3.8) is 0 Å². The summed E-state index contributed by atoms with van der Waals surface area (Å²) >= 11 is 11.4. The molecule has 2 aliphatic rings. The van der Waals surface area contributed by atoms with Gasteiger partial charge in [0.15, 0.2) is 16.4 Å². The largest absolute Gasteiger partial charge is 0.343 e. The van der Waals surface area contributed by atoms with Crippen LogP contribution in [0.5, 0.6) is 0 Å². The molecular weight excluding hydrogens is 338 g/mol. The molecule has 1 aromatic heterocycles. The number of carbonyl (C=O) groups excluding carboxylic acids is 1. The monoisotopic (exact) mass is 351 g/mol. The summed E-state index contributed by atoms with van der Waals surface area (Å²) in [5.74, 6) is 0.657. The molecule has 0 N–H and O–H groups in total. The van der Waals surface area contributed by atoms with Gasteiger partial charge in [0.2, 0.25) is 6.29 Å². The highest BCUT2D eigenvalue weighted by Gasteiger charge is 2.45. The van der Waals surface area contributed by atoms with Crippen molar-refractivity contribution in [1.29, 1.82) is 0 Å². The van der Waals surface area contributed by atoms with E-state index in [9.17, 15) is 4.79 Å². The average molecular weight is 352 g/mol. The van der Waals surface area contributed by atoms with E-state index in [0.29, 0.717) is 22.8 Å². The van der Waals surface area contributed by atoms with Gasteiger partial charge in [0.25, 0.3) is 0 Å². The Labute approximate surface area is 142 Å². The second-order valence-corrected chi connectivity index (χ2v) is 6.50. The highest BCUT2D eigenvalue weighted by molar-refractivity contribution is 7.71. The first kappa shape index (κ1) is 15.0. The Bertz CT molecular complexity index is 829. The number of halogens is 1. The quantitative estimate of drug-likeness (QED) is 0.778. The molecule has 3 heterocycles. The van der Waals surface area contributed by atoms with Crippen LogP contribution in [0.25, 0.3) is 11.4 Å². The number of Topliss-reactive ketones (excluding diaryl/α,β-unsaturated/α-hetero) is 1. The van der Waals surface area contributed by atoms with Crippen LogP contribution in [0.3, 0.4) is 0 Å². The number of rotatable bonds is 2. The Morgan fingerprint density at radius 2 is 2.09 bits per heavy atom. The Kier molecular flexibility index (Phi) is 3.60. The lowest BCUT2D eigenvalue weighted by Gasteiger charge is -2.26. The third-order valence-electron chi connectivity index (χ3n) is 4.23. The van der Waals surface area contributed by atoms with E-state index in [-0.39, 0.29) is 17.9 Å². The zero-order valence-electron chi connectivity index (χ0n) is 12.3. The standard InChI is InChI=1S/C15H14ClN3O3S/c1-18-13(8-2-4-9(16)5-3-8)17-19(15(18)23)10-6-11(20)14-21-7-12(10)22-14/h2-5,10,12,14H,6-7H2,1H3/t10-,12-,14-/m0/s1. The van der Waals surface area contributed by atoms with Crippen molar-refractivity contribution in [2.24, 2.45) is 7.05 Å². The van der Waals surface area contributed by atoms with Crippen LogP contribution >= 0.6 is 23.8 Å². The lowest BCUT2D eigenvalue weighted by atomic mass is 10.0. The van der Waals surface area contributed by atoms with Crippen LogP contribution in [0.2, 0.25) is 5.02 Å². The molecule has 6 nitrogen and oxygen atoms in total. The fraction of sp³-hybridized carbons (Fsp3) is 0.400. The summed E-state index contributed by atoms with van der Waals surface area (Å²) in [5, 5.41) is 5.29. The minimum atomic E-state index is -0.718. The van der Waals surface area contributed by atoms with E-state index in [0.717, 1.165) is 11.4 Å². The molecule has 3 atom stereocenters. The van der Waals surface area contributed by atoms with Gasteiger partial charge >= 0.3 is 0 Å². The number of ketones is 1. The number of aromatic nitrogens is 3. The molecule has 1 aromatic carbocycles. The summed E-state index contributed by atoms with van der Waals surface area (Å²) in [6, 6.07) is 7.16. The van der Waals surface area contributed by atoms with Gasteiger partial charge in [-0.05, 0) is 36.5 Å². The molecule has 0 amide bonds. The van der Waals surface area contributed by atoms with Gasteiger partial charge in [-0.25, -0.2) is 4.68 Å². The molecule has 0 aliphatic carbocycles. The van der Waals surface area contributed by atoms with Gasteiger partial charge in [-0.2, -0.15) is 5.10 Å². The molecular formula is C15H14ClN3O3S. The SMILES string of the molecule is Cn1c(-c2ccc(Cl)cc2)nn([C@H]2CC(=O)[C@H]3OC[C@@H]2O3)c1=S. The number of hydrogen-bond donors (Lipinski definition) is 0. The summed E-state index contributed by atoms with van der Waals surface area (Å²) in [4.78, 5) is 12.0. The van der Waals surface area contributed by atoms with E-state index in [1.807, 2.05) is 35.9 Å². The third-order valence-corrected chi connectivity index (χ3v) is 4.95. The molecule has 2 aromatic rings. The van der Waals surface area contributed by atoms with Crippen LogP contribution in [0.15, 0.2) is 24.3 Å². The zero-order chi connectivity index (χ0) is 16.1. The lowest BCUT2D eigenvalue weighted by molar-refractivity contribution is -0.156. The summed E-state index contributed by atoms with van der Waals surface area (Å²) in [7, 11) is 1.86. The van der Waals surface area contributed by atoms with Crippen molar-refractivity contribution in [2.75, 3.05) is 6.61 Å². The fourth-order valence-corrected chi connectivity index (χ4v) is 3.38. The van der Waals surface area contributed by atoms with Crippen LogP contribution in [0, 0.1) is 4.77 Å². The van der Waals surface area contributed by atoms with Gasteiger partial charge < -0.3 is 14.0 Å². The molecule has 0 spiro atoms. The molecule has 2 bridgehead atoms. The minimum absolute atomic E-state index is 0.0654. The number of carbonyl (C=O) groups is 1. The molecule has 4 rings (SSSR count). The van der Waals surface area contributed by atoms with Crippen molar-refractivity contribution in [2.45, 2.75) is 24.9 Å². The van der Waals surface area contributed by atoms with Crippen molar-refractivity contribution in [3.8, 4) is 11.4 Å². The molecule has 120 valence electrons. The fourth-order valence-electron chi connectivity index (χ4n) is 2.99. The first-order valence-corrected chi connectivity index (χ1v) is 8.04. The molecule has 0 radical (unpaired) electrons. The van der Waals surface area contributed by atoms with Crippen molar-refractivity contribution >= 4 is 29.6 Å². The average Bonchev–Trinajstić information content (AvgIpc) is 3.09. The number of ether oxygens (including phenoxy) is 2. The topological polar surface area (TPSA) is 58.3 Å². The van der Waals surface area contributed by atoms with Gasteiger partial charge in [0, 0.05) is 24.1 Å². The van der Waals surface area contributed by atoms with E-state index in [1.54, 1.807) is 4.68 Å². The number of benzene rings is 1. The van der Waals surface area contributed by atoms with Gasteiger partial charge in [0.1, 0.15) is 6.10 Å².